The highest BCUT2D eigenvalue weighted by Crippen LogP contribution is 2.24. The normalized spacial score (nSPS) is 11.0. The molecule has 0 aliphatic heterocycles. The fourth-order valence-corrected chi connectivity index (χ4v) is 3.37. The van der Waals surface area contributed by atoms with Crippen LogP contribution in [0.5, 0.6) is 0 Å². The van der Waals surface area contributed by atoms with Gasteiger partial charge >= 0.3 is 5.88 Å². The lowest BCUT2D eigenvalue weighted by Gasteiger charge is -2.09. The van der Waals surface area contributed by atoms with E-state index in [0.717, 1.165) is 23.6 Å². The third-order valence-corrected chi connectivity index (χ3v) is 5.17. The second kappa shape index (κ2) is 10.7. The van der Waals surface area contributed by atoms with Crippen LogP contribution >= 0.6 is 11.8 Å². The first-order valence-electron chi connectivity index (χ1n) is 9.65. The van der Waals surface area contributed by atoms with E-state index in [9.17, 15) is 14.9 Å². The number of nitro groups is 1. The van der Waals surface area contributed by atoms with Gasteiger partial charge in [-0.1, -0.05) is 18.7 Å². The van der Waals surface area contributed by atoms with Crippen molar-refractivity contribution in [3.8, 4) is 0 Å². The number of furan rings is 1. The van der Waals surface area contributed by atoms with Crippen LogP contribution in [0.4, 0.5) is 11.7 Å². The summed E-state index contributed by atoms with van der Waals surface area (Å²) < 4.78 is 11.7. The number of anilines is 1. The molecule has 1 amide bonds. The van der Waals surface area contributed by atoms with E-state index in [2.05, 4.69) is 32.6 Å². The molecule has 0 aliphatic rings. The molecule has 0 spiro atoms. The van der Waals surface area contributed by atoms with Crippen LogP contribution in [0.3, 0.4) is 0 Å². The molecule has 0 radical (unpaired) electrons. The van der Waals surface area contributed by atoms with E-state index in [1.807, 2.05) is 0 Å². The largest absolute Gasteiger partial charge is 0.433 e. The average Bonchev–Trinajstić information content (AvgIpc) is 3.40. The summed E-state index contributed by atoms with van der Waals surface area (Å²) in [5.41, 5.74) is 0.649. The Bertz CT molecular complexity index is 1050. The van der Waals surface area contributed by atoms with Gasteiger partial charge in [-0.3, -0.25) is 14.9 Å². The summed E-state index contributed by atoms with van der Waals surface area (Å²) in [6.07, 6.45) is 2.67. The van der Waals surface area contributed by atoms with Gasteiger partial charge in [0, 0.05) is 26.0 Å². The fourth-order valence-electron chi connectivity index (χ4n) is 2.67. The summed E-state index contributed by atoms with van der Waals surface area (Å²) >= 11 is 1.56. The summed E-state index contributed by atoms with van der Waals surface area (Å²) in [4.78, 5) is 31.3. The third-order valence-electron chi connectivity index (χ3n) is 4.11. The lowest BCUT2D eigenvalue weighted by atomic mass is 10.4. The van der Waals surface area contributed by atoms with E-state index in [-0.39, 0.29) is 12.3 Å². The number of aromatic nitrogens is 4. The molecule has 0 saturated heterocycles. The van der Waals surface area contributed by atoms with Crippen molar-refractivity contribution in [2.75, 3.05) is 37.9 Å². The van der Waals surface area contributed by atoms with Crippen LogP contribution in [0.1, 0.15) is 23.9 Å². The minimum Gasteiger partial charge on any atom is -0.395 e. The molecule has 0 aliphatic carbocycles. The van der Waals surface area contributed by atoms with Crippen molar-refractivity contribution in [2.45, 2.75) is 25.0 Å². The molecule has 2 N–H and O–H groups in total. The Morgan fingerprint density at radius 1 is 1.35 bits per heavy atom. The Morgan fingerprint density at radius 3 is 2.90 bits per heavy atom. The van der Waals surface area contributed by atoms with Gasteiger partial charge in [0.25, 0.3) is 5.91 Å². The van der Waals surface area contributed by atoms with E-state index in [4.69, 9.17) is 9.15 Å². The monoisotopic (exact) mass is 449 g/mol. The summed E-state index contributed by atoms with van der Waals surface area (Å²) in [6, 6.07) is 2.40. The molecule has 0 saturated carbocycles. The van der Waals surface area contributed by atoms with Crippen molar-refractivity contribution in [3.63, 3.8) is 0 Å². The molecule has 3 aromatic rings. The van der Waals surface area contributed by atoms with E-state index < -0.39 is 16.7 Å². The molecule has 3 heterocycles. The zero-order valence-electron chi connectivity index (χ0n) is 17.2. The van der Waals surface area contributed by atoms with Gasteiger partial charge in [-0.2, -0.15) is 5.10 Å². The van der Waals surface area contributed by atoms with E-state index in [1.165, 1.54) is 6.07 Å². The first-order valence-corrected chi connectivity index (χ1v) is 10.6. The summed E-state index contributed by atoms with van der Waals surface area (Å²) in [6.45, 7) is 3.80. The molecule has 0 aromatic carbocycles. The van der Waals surface area contributed by atoms with Crippen molar-refractivity contribution < 1.29 is 18.9 Å². The SMILES string of the molecule is CCCSc1nc(NCCOC)c2cnn(CCNC(=O)c3ccc([N+](=O)[O-])o3)c2n1. The average molecular weight is 449 g/mol. The quantitative estimate of drug-likeness (QED) is 0.139. The van der Waals surface area contributed by atoms with Gasteiger partial charge in [-0.05, 0) is 12.5 Å². The molecular formula is C18H23N7O5S. The van der Waals surface area contributed by atoms with Gasteiger partial charge in [-0.15, -0.1) is 0 Å². The number of nitrogens with zero attached hydrogens (tertiary/aromatic N) is 5. The van der Waals surface area contributed by atoms with Crippen LogP contribution in [0, 0.1) is 10.1 Å². The zero-order chi connectivity index (χ0) is 22.2. The lowest BCUT2D eigenvalue weighted by Crippen LogP contribution is -2.27. The second-order valence-electron chi connectivity index (χ2n) is 6.38. The van der Waals surface area contributed by atoms with E-state index in [1.54, 1.807) is 29.8 Å². The van der Waals surface area contributed by atoms with Gasteiger partial charge in [0.15, 0.2) is 16.6 Å². The van der Waals surface area contributed by atoms with Gasteiger partial charge in [-0.25, -0.2) is 14.6 Å². The number of rotatable bonds is 12. The Morgan fingerprint density at radius 2 is 2.19 bits per heavy atom. The molecule has 166 valence electrons. The van der Waals surface area contributed by atoms with E-state index >= 15 is 0 Å². The van der Waals surface area contributed by atoms with Gasteiger partial charge < -0.3 is 19.8 Å². The van der Waals surface area contributed by atoms with Crippen molar-refractivity contribution in [1.82, 2.24) is 25.1 Å². The molecule has 31 heavy (non-hydrogen) atoms. The maximum absolute atomic E-state index is 12.1. The molecule has 0 unspecified atom stereocenters. The fraction of sp³-hybridized carbons (Fsp3) is 0.444. The molecule has 12 nitrogen and oxygen atoms in total. The van der Waals surface area contributed by atoms with Crippen molar-refractivity contribution in [3.05, 3.63) is 34.2 Å². The highest BCUT2D eigenvalue weighted by Gasteiger charge is 2.17. The van der Waals surface area contributed by atoms with Gasteiger partial charge in [0.2, 0.25) is 0 Å². The number of thioether (sulfide) groups is 1. The van der Waals surface area contributed by atoms with Crippen molar-refractivity contribution in [2.24, 2.45) is 0 Å². The third kappa shape index (κ3) is 5.70. The summed E-state index contributed by atoms with van der Waals surface area (Å²) in [5.74, 6) is 0.426. The number of fused-ring (bicyclic) bond motifs is 1. The number of hydrogen-bond acceptors (Lipinski definition) is 10. The molecule has 3 aromatic heterocycles. The molecule has 0 fully saturated rings. The lowest BCUT2D eigenvalue weighted by molar-refractivity contribution is -0.402. The maximum Gasteiger partial charge on any atom is 0.433 e. The van der Waals surface area contributed by atoms with Crippen LogP contribution in [0.15, 0.2) is 27.9 Å². The number of nitrogens with one attached hydrogen (secondary N) is 2. The molecular weight excluding hydrogens is 426 g/mol. The number of ether oxygens (including phenoxy) is 1. The van der Waals surface area contributed by atoms with Crippen LogP contribution in [-0.4, -0.2) is 63.1 Å². The van der Waals surface area contributed by atoms with Crippen molar-refractivity contribution >= 4 is 40.4 Å². The Kier molecular flexibility index (Phi) is 7.78. The van der Waals surface area contributed by atoms with Crippen molar-refractivity contribution in [1.29, 1.82) is 0 Å². The molecule has 3 rings (SSSR count). The summed E-state index contributed by atoms with van der Waals surface area (Å²) in [7, 11) is 1.63. The molecule has 0 bridgehead atoms. The maximum atomic E-state index is 12.1. The smallest absolute Gasteiger partial charge is 0.395 e. The number of carbonyl (C=O) groups is 1. The van der Waals surface area contributed by atoms with Crippen LogP contribution in [0.25, 0.3) is 11.0 Å². The second-order valence-corrected chi connectivity index (χ2v) is 7.44. The Labute approximate surface area is 181 Å². The molecule has 0 atom stereocenters. The predicted octanol–water partition coefficient (Wildman–Crippen LogP) is 2.32. The first-order chi connectivity index (χ1) is 15.0. The van der Waals surface area contributed by atoms with Gasteiger partial charge in [0.1, 0.15) is 10.7 Å². The summed E-state index contributed by atoms with van der Waals surface area (Å²) in [5, 5.41) is 22.4. The topological polar surface area (TPSA) is 150 Å². The number of amides is 1. The number of hydrogen-bond donors (Lipinski definition) is 2. The van der Waals surface area contributed by atoms with Crippen LogP contribution in [-0.2, 0) is 11.3 Å². The van der Waals surface area contributed by atoms with E-state index in [0.29, 0.717) is 36.3 Å². The number of methoxy groups -OCH3 is 1. The highest BCUT2D eigenvalue weighted by molar-refractivity contribution is 7.99. The predicted molar refractivity (Wildman–Crippen MR) is 114 cm³/mol. The zero-order valence-corrected chi connectivity index (χ0v) is 18.0. The minimum atomic E-state index is -0.696. The highest BCUT2D eigenvalue weighted by atomic mass is 32.2. The van der Waals surface area contributed by atoms with Crippen LogP contribution in [0.2, 0.25) is 0 Å². The molecule has 13 heteroatoms. The Hall–Kier alpha value is -3.19. The minimum absolute atomic E-state index is 0.123. The number of carbonyl (C=O) groups excluding carboxylic acids is 1. The first kappa shape index (κ1) is 22.5. The standard InChI is InChI=1S/C18H23N7O5S/c1-3-10-31-18-22-15(19-7-9-29-2)12-11-21-24(16(12)23-18)8-6-20-17(26)13-4-5-14(30-13)25(27)28/h4-5,11H,3,6-10H2,1-2H3,(H,20,26)(H,19,22,23). The van der Waals surface area contributed by atoms with Gasteiger partial charge in [0.05, 0.1) is 30.8 Å². The van der Waals surface area contributed by atoms with Crippen LogP contribution < -0.4 is 10.6 Å². The Balaban J connectivity index is 1.71.